The van der Waals surface area contributed by atoms with Crippen LogP contribution in [0.3, 0.4) is 0 Å². The molecule has 0 amide bonds. The third-order valence-corrected chi connectivity index (χ3v) is 3.87. The van der Waals surface area contributed by atoms with E-state index in [1.807, 2.05) is 12.1 Å². The summed E-state index contributed by atoms with van der Waals surface area (Å²) >= 11 is 0. The molecule has 108 valence electrons. The topological polar surface area (TPSA) is 47.7 Å². The number of benzene rings is 1. The molecule has 0 saturated heterocycles. The predicted molar refractivity (Wildman–Crippen MR) is 79.0 cm³/mol. The predicted octanol–water partition coefficient (Wildman–Crippen LogP) is 1.92. The standard InChI is InChI=1S/C15H26N2O2/c1-6-17(3)15(2,11-16)10-12-7-8-13(18-4)14(9-12)19-5/h7-9H,6,10-11,16H2,1-5H3. The van der Waals surface area contributed by atoms with Crippen molar-refractivity contribution < 1.29 is 9.47 Å². The molecule has 0 fully saturated rings. The fourth-order valence-electron chi connectivity index (χ4n) is 2.18. The van der Waals surface area contributed by atoms with Gasteiger partial charge in [0, 0.05) is 12.1 Å². The summed E-state index contributed by atoms with van der Waals surface area (Å²) in [5, 5.41) is 0. The highest BCUT2D eigenvalue weighted by Gasteiger charge is 2.27. The van der Waals surface area contributed by atoms with Crippen LogP contribution in [0.4, 0.5) is 0 Å². The van der Waals surface area contributed by atoms with Crippen molar-refractivity contribution in [1.29, 1.82) is 0 Å². The Morgan fingerprint density at radius 2 is 1.84 bits per heavy atom. The van der Waals surface area contributed by atoms with E-state index in [9.17, 15) is 0 Å². The van der Waals surface area contributed by atoms with Crippen LogP contribution in [0.5, 0.6) is 11.5 Å². The van der Waals surface area contributed by atoms with Crippen LogP contribution in [0.25, 0.3) is 0 Å². The zero-order valence-corrected chi connectivity index (χ0v) is 12.7. The van der Waals surface area contributed by atoms with Gasteiger partial charge in [-0.3, -0.25) is 4.90 Å². The second-order valence-electron chi connectivity index (χ2n) is 5.08. The summed E-state index contributed by atoms with van der Waals surface area (Å²) in [4.78, 5) is 2.28. The van der Waals surface area contributed by atoms with E-state index in [2.05, 4.69) is 31.9 Å². The van der Waals surface area contributed by atoms with Gasteiger partial charge in [-0.25, -0.2) is 0 Å². The minimum Gasteiger partial charge on any atom is -0.493 e. The number of likely N-dealkylation sites (N-methyl/N-ethyl adjacent to an activating group) is 1. The Hall–Kier alpha value is -1.26. The maximum absolute atomic E-state index is 5.96. The van der Waals surface area contributed by atoms with Crippen LogP contribution in [0.1, 0.15) is 19.4 Å². The Morgan fingerprint density at radius 1 is 1.21 bits per heavy atom. The average Bonchev–Trinajstić information content (AvgIpc) is 2.45. The minimum absolute atomic E-state index is 0.0473. The summed E-state index contributed by atoms with van der Waals surface area (Å²) in [5.74, 6) is 1.52. The van der Waals surface area contributed by atoms with Gasteiger partial charge >= 0.3 is 0 Å². The maximum Gasteiger partial charge on any atom is 0.160 e. The normalized spacial score (nSPS) is 14.3. The van der Waals surface area contributed by atoms with Crippen molar-refractivity contribution >= 4 is 0 Å². The van der Waals surface area contributed by atoms with E-state index >= 15 is 0 Å². The lowest BCUT2D eigenvalue weighted by atomic mass is 9.91. The van der Waals surface area contributed by atoms with Crippen molar-refractivity contribution in [3.8, 4) is 11.5 Å². The van der Waals surface area contributed by atoms with E-state index in [0.717, 1.165) is 24.5 Å². The van der Waals surface area contributed by atoms with Crippen molar-refractivity contribution in [2.45, 2.75) is 25.8 Å². The molecule has 0 spiro atoms. The van der Waals surface area contributed by atoms with Crippen LogP contribution in [-0.2, 0) is 6.42 Å². The first-order chi connectivity index (χ1) is 9.00. The molecule has 0 aliphatic heterocycles. The lowest BCUT2D eigenvalue weighted by Gasteiger charge is -2.37. The highest BCUT2D eigenvalue weighted by Crippen LogP contribution is 2.29. The number of nitrogens with zero attached hydrogens (tertiary/aromatic N) is 1. The molecule has 1 unspecified atom stereocenters. The Bertz CT molecular complexity index is 409. The van der Waals surface area contributed by atoms with E-state index in [1.54, 1.807) is 14.2 Å². The Kier molecular flexibility index (Phi) is 5.63. The molecule has 0 aliphatic carbocycles. The molecule has 0 radical (unpaired) electrons. The first-order valence-corrected chi connectivity index (χ1v) is 6.63. The summed E-state index contributed by atoms with van der Waals surface area (Å²) in [5.41, 5.74) is 7.11. The SMILES string of the molecule is CCN(C)C(C)(CN)Cc1ccc(OC)c(OC)c1. The van der Waals surface area contributed by atoms with E-state index < -0.39 is 0 Å². The van der Waals surface area contributed by atoms with E-state index in [-0.39, 0.29) is 5.54 Å². The summed E-state index contributed by atoms with van der Waals surface area (Å²) in [6, 6.07) is 6.03. The Morgan fingerprint density at radius 3 is 2.32 bits per heavy atom. The number of rotatable bonds is 7. The maximum atomic E-state index is 5.96. The fourth-order valence-corrected chi connectivity index (χ4v) is 2.18. The average molecular weight is 266 g/mol. The molecule has 2 N–H and O–H groups in total. The zero-order valence-electron chi connectivity index (χ0n) is 12.7. The van der Waals surface area contributed by atoms with Gasteiger partial charge in [0.05, 0.1) is 14.2 Å². The van der Waals surface area contributed by atoms with Gasteiger partial charge in [-0.05, 0) is 44.6 Å². The molecule has 0 saturated carbocycles. The smallest absolute Gasteiger partial charge is 0.160 e. The van der Waals surface area contributed by atoms with Crippen LogP contribution in [-0.4, -0.2) is 44.8 Å². The highest BCUT2D eigenvalue weighted by atomic mass is 16.5. The molecule has 4 nitrogen and oxygen atoms in total. The van der Waals surface area contributed by atoms with Crippen molar-refractivity contribution in [3.63, 3.8) is 0 Å². The van der Waals surface area contributed by atoms with Gasteiger partial charge in [0.2, 0.25) is 0 Å². The first-order valence-electron chi connectivity index (χ1n) is 6.63. The van der Waals surface area contributed by atoms with Crippen molar-refractivity contribution in [2.24, 2.45) is 5.73 Å². The molecule has 0 aromatic heterocycles. The summed E-state index contributed by atoms with van der Waals surface area (Å²) < 4.78 is 10.6. The lowest BCUT2D eigenvalue weighted by Crippen LogP contribution is -2.51. The number of hydrogen-bond acceptors (Lipinski definition) is 4. The van der Waals surface area contributed by atoms with Gasteiger partial charge < -0.3 is 15.2 Å². The van der Waals surface area contributed by atoms with Crippen LogP contribution < -0.4 is 15.2 Å². The van der Waals surface area contributed by atoms with Gasteiger partial charge in [-0.1, -0.05) is 13.0 Å². The Balaban J connectivity index is 2.98. The van der Waals surface area contributed by atoms with Crippen LogP contribution in [0, 0.1) is 0 Å². The molecule has 19 heavy (non-hydrogen) atoms. The second kappa shape index (κ2) is 6.78. The zero-order chi connectivity index (χ0) is 14.5. The number of ether oxygens (including phenoxy) is 2. The van der Waals surface area contributed by atoms with Crippen LogP contribution in [0.15, 0.2) is 18.2 Å². The van der Waals surface area contributed by atoms with E-state index in [1.165, 1.54) is 5.56 Å². The first kappa shape index (κ1) is 15.8. The number of nitrogens with two attached hydrogens (primary N) is 1. The molecular weight excluding hydrogens is 240 g/mol. The summed E-state index contributed by atoms with van der Waals surface area (Å²) in [6.07, 6.45) is 0.883. The van der Waals surface area contributed by atoms with Gasteiger partial charge in [-0.15, -0.1) is 0 Å². The quantitative estimate of drug-likeness (QED) is 0.819. The molecule has 1 rings (SSSR count). The third kappa shape index (κ3) is 3.61. The number of hydrogen-bond donors (Lipinski definition) is 1. The Labute approximate surface area is 116 Å². The largest absolute Gasteiger partial charge is 0.493 e. The highest BCUT2D eigenvalue weighted by molar-refractivity contribution is 5.43. The molecule has 1 atom stereocenters. The van der Waals surface area contributed by atoms with Crippen molar-refractivity contribution in [1.82, 2.24) is 4.90 Å². The minimum atomic E-state index is -0.0473. The molecule has 0 heterocycles. The molecule has 0 aliphatic rings. The fraction of sp³-hybridized carbons (Fsp3) is 0.600. The van der Waals surface area contributed by atoms with Crippen molar-refractivity contribution in [3.05, 3.63) is 23.8 Å². The summed E-state index contributed by atoms with van der Waals surface area (Å²) in [7, 11) is 5.40. The number of methoxy groups -OCH3 is 2. The second-order valence-corrected chi connectivity index (χ2v) is 5.08. The van der Waals surface area contributed by atoms with Gasteiger partial charge in [0.1, 0.15) is 0 Å². The summed E-state index contributed by atoms with van der Waals surface area (Å²) in [6.45, 7) is 5.92. The third-order valence-electron chi connectivity index (χ3n) is 3.87. The van der Waals surface area contributed by atoms with Gasteiger partial charge in [0.25, 0.3) is 0 Å². The van der Waals surface area contributed by atoms with Gasteiger partial charge in [0.15, 0.2) is 11.5 Å². The molecule has 4 heteroatoms. The van der Waals surface area contributed by atoms with Crippen LogP contribution in [0.2, 0.25) is 0 Å². The molecular formula is C15H26N2O2. The van der Waals surface area contributed by atoms with Crippen LogP contribution >= 0.6 is 0 Å². The van der Waals surface area contributed by atoms with E-state index in [0.29, 0.717) is 6.54 Å². The lowest BCUT2D eigenvalue weighted by molar-refractivity contribution is 0.152. The van der Waals surface area contributed by atoms with E-state index in [4.69, 9.17) is 15.2 Å². The molecule has 1 aromatic carbocycles. The molecule has 0 bridgehead atoms. The van der Waals surface area contributed by atoms with Crippen molar-refractivity contribution in [2.75, 3.05) is 34.4 Å². The molecule has 1 aromatic rings. The van der Waals surface area contributed by atoms with Gasteiger partial charge in [-0.2, -0.15) is 0 Å². The monoisotopic (exact) mass is 266 g/mol.